The first-order valence-electron chi connectivity index (χ1n) is 8.44. The standard InChI is InChI=1S/C20H17BrIN4O2/c1-26-17(20-24-15-7-6-13(19(23)28)8-16(15)25-20)18(27)14(10-22-26)12-4-2-11(9-21)3-5-12/h2-8,10,27H,9H2,1H3,(H2,23,28)(H,24,25)/q-1. The Morgan fingerprint density at radius 3 is 2.71 bits per heavy atom. The fourth-order valence-electron chi connectivity index (χ4n) is 3.00. The molecule has 0 spiro atoms. The number of rotatable bonds is 4. The number of nitrogens with zero attached hydrogens (tertiary/aromatic N) is 2. The van der Waals surface area contributed by atoms with Gasteiger partial charge in [0.2, 0.25) is 0 Å². The van der Waals surface area contributed by atoms with Crippen molar-refractivity contribution < 1.29 is 31.4 Å². The molecule has 0 unspecified atom stereocenters. The van der Waals surface area contributed by atoms with Crippen molar-refractivity contribution in [1.82, 2.24) is 13.1 Å². The topological polar surface area (TPSA) is 95.2 Å². The third kappa shape index (κ3) is 3.42. The molecule has 2 aromatic carbocycles. The molecule has 0 saturated heterocycles. The van der Waals surface area contributed by atoms with E-state index in [1.165, 1.54) is 5.56 Å². The summed E-state index contributed by atoms with van der Waals surface area (Å²) in [7, 11) is 1.95. The van der Waals surface area contributed by atoms with Crippen molar-refractivity contribution in [2.75, 3.05) is 7.05 Å². The molecule has 0 saturated carbocycles. The maximum absolute atomic E-state index is 11.4. The van der Waals surface area contributed by atoms with Gasteiger partial charge in [0.1, 0.15) is 0 Å². The summed E-state index contributed by atoms with van der Waals surface area (Å²) in [5, 5.41) is 11.8. The monoisotopic (exact) mass is 551 g/mol. The zero-order valence-corrected chi connectivity index (χ0v) is 18.7. The van der Waals surface area contributed by atoms with Gasteiger partial charge in [-0.15, -0.1) is 0 Å². The van der Waals surface area contributed by atoms with Crippen LogP contribution in [0, 0.1) is 0 Å². The first-order chi connectivity index (χ1) is 13.5. The van der Waals surface area contributed by atoms with Crippen molar-refractivity contribution in [3.05, 3.63) is 74.8 Å². The molecule has 2 heterocycles. The van der Waals surface area contributed by atoms with Crippen LogP contribution in [-0.2, 0) is 5.33 Å². The Morgan fingerprint density at radius 2 is 2.04 bits per heavy atom. The van der Waals surface area contributed by atoms with E-state index < -0.39 is 27.4 Å². The second-order valence-corrected chi connectivity index (χ2v) is 9.49. The summed E-state index contributed by atoms with van der Waals surface area (Å²) in [6, 6.07) is 13.2. The Kier molecular flexibility index (Phi) is 5.15. The number of allylic oxidation sites excluding steroid dienone is 1. The average molecular weight is 552 g/mol. The van der Waals surface area contributed by atoms with E-state index in [4.69, 9.17) is 5.73 Å². The van der Waals surface area contributed by atoms with E-state index >= 15 is 0 Å². The summed E-state index contributed by atoms with van der Waals surface area (Å²) < 4.78 is 4.14. The summed E-state index contributed by atoms with van der Waals surface area (Å²) >= 11 is 3.00. The van der Waals surface area contributed by atoms with E-state index in [9.17, 15) is 9.90 Å². The molecule has 1 amide bonds. The predicted octanol–water partition coefficient (Wildman–Crippen LogP) is 0.774. The Bertz CT molecular complexity index is 1130. The van der Waals surface area contributed by atoms with E-state index in [0.717, 1.165) is 16.5 Å². The number of hydrogen-bond acceptors (Lipinski definition) is 4. The number of halogens is 2. The van der Waals surface area contributed by atoms with Gasteiger partial charge in [0.15, 0.2) is 0 Å². The van der Waals surface area contributed by atoms with Crippen molar-refractivity contribution in [2.24, 2.45) is 5.73 Å². The van der Waals surface area contributed by atoms with Crippen LogP contribution in [0.5, 0.6) is 0 Å². The molecule has 1 aliphatic rings. The van der Waals surface area contributed by atoms with Crippen molar-refractivity contribution in [2.45, 2.75) is 5.33 Å². The molecule has 4 rings (SSSR count). The van der Waals surface area contributed by atoms with Crippen LogP contribution in [0.4, 0.5) is 0 Å². The zero-order valence-electron chi connectivity index (χ0n) is 14.9. The number of carbonyl (C=O) groups excluding carboxylic acids is 1. The van der Waals surface area contributed by atoms with Gasteiger partial charge in [-0.3, -0.25) is 0 Å². The number of aromatic nitrogens is 2. The summed E-state index contributed by atoms with van der Waals surface area (Å²) in [6.07, 6.45) is 0. The Hall–Kier alpha value is -2.33. The van der Waals surface area contributed by atoms with Gasteiger partial charge in [-0.1, -0.05) is 0 Å². The van der Waals surface area contributed by atoms with E-state index in [1.807, 2.05) is 34.4 Å². The third-order valence-corrected chi connectivity index (χ3v) is 7.37. The number of fused-ring (bicyclic) bond motifs is 1. The molecule has 6 nitrogen and oxygen atoms in total. The second kappa shape index (κ2) is 7.59. The minimum atomic E-state index is -0.488. The molecule has 0 bridgehead atoms. The number of imidazole rings is 1. The molecule has 0 atom stereocenters. The minimum absolute atomic E-state index is 0.189. The fraction of sp³-hybridized carbons (Fsp3) is 0.100. The molecule has 28 heavy (non-hydrogen) atoms. The van der Waals surface area contributed by atoms with Gasteiger partial charge < -0.3 is 0 Å². The summed E-state index contributed by atoms with van der Waals surface area (Å²) in [4.78, 5) is 19.3. The van der Waals surface area contributed by atoms with Gasteiger partial charge in [-0.2, -0.15) is 0 Å². The molecule has 1 aromatic heterocycles. The number of primary amides is 1. The Morgan fingerprint density at radius 1 is 1.29 bits per heavy atom. The van der Waals surface area contributed by atoms with Gasteiger partial charge in [0, 0.05) is 0 Å². The molecule has 1 aliphatic heterocycles. The van der Waals surface area contributed by atoms with Gasteiger partial charge in [0.05, 0.1) is 0 Å². The first kappa shape index (κ1) is 19.0. The van der Waals surface area contributed by atoms with Crippen molar-refractivity contribution >= 4 is 44.1 Å². The molecule has 0 radical (unpaired) electrons. The van der Waals surface area contributed by atoms with Crippen LogP contribution in [0.25, 0.3) is 22.3 Å². The number of nitrogens with one attached hydrogen (secondary N) is 1. The normalized spacial score (nSPS) is 14.8. The Balaban J connectivity index is 1.79. The number of alkyl halides is 1. The molecular weight excluding hydrogens is 535 g/mol. The molecule has 3 aromatic rings. The number of benzene rings is 2. The van der Waals surface area contributed by atoms with E-state index in [2.05, 4.69) is 30.0 Å². The molecule has 4 N–H and O–H groups in total. The van der Waals surface area contributed by atoms with Crippen LogP contribution in [0.3, 0.4) is 0 Å². The number of H-pyrrole nitrogens is 1. The van der Waals surface area contributed by atoms with Crippen LogP contribution in [0.2, 0.25) is 0 Å². The predicted molar refractivity (Wildman–Crippen MR) is 109 cm³/mol. The van der Waals surface area contributed by atoms with Crippen LogP contribution in [0.1, 0.15) is 27.3 Å². The SMILES string of the molecule is CN1[I-]C=C(c2ccc(CBr)cc2)C(O)=C1c1nc2ccc(C(N)=O)cc2[nH]1. The van der Waals surface area contributed by atoms with E-state index in [-0.39, 0.29) is 5.76 Å². The van der Waals surface area contributed by atoms with Crippen LogP contribution in [0.15, 0.2) is 52.3 Å². The molecule has 8 heteroatoms. The van der Waals surface area contributed by atoms with Gasteiger partial charge in [-0.05, 0) is 0 Å². The van der Waals surface area contributed by atoms with Gasteiger partial charge in [0.25, 0.3) is 0 Å². The maximum atomic E-state index is 11.4. The summed E-state index contributed by atoms with van der Waals surface area (Å²) in [5.74, 6) is 0.270. The average Bonchev–Trinajstić information content (AvgIpc) is 3.11. The first-order valence-corrected chi connectivity index (χ1v) is 11.8. The molecular formula is C20H17BrIN4O2-. The fourth-order valence-corrected chi connectivity index (χ4v) is 5.46. The Labute approximate surface area is 180 Å². The number of nitrogens with two attached hydrogens (primary N) is 1. The third-order valence-electron chi connectivity index (χ3n) is 4.50. The quantitative estimate of drug-likeness (QED) is 0.254. The van der Waals surface area contributed by atoms with Crippen molar-refractivity contribution in [3.63, 3.8) is 0 Å². The van der Waals surface area contributed by atoms with E-state index in [1.54, 1.807) is 18.2 Å². The number of aliphatic hydroxyl groups excluding tert-OH is 1. The van der Waals surface area contributed by atoms with E-state index in [0.29, 0.717) is 28.1 Å². The van der Waals surface area contributed by atoms with Crippen molar-refractivity contribution in [3.8, 4) is 0 Å². The number of hydrogen-bond donors (Lipinski definition) is 3. The number of aliphatic hydroxyl groups is 1. The number of amides is 1. The van der Waals surface area contributed by atoms with Crippen LogP contribution >= 0.6 is 15.9 Å². The zero-order chi connectivity index (χ0) is 19.8. The molecule has 0 aliphatic carbocycles. The van der Waals surface area contributed by atoms with Crippen molar-refractivity contribution in [1.29, 1.82) is 0 Å². The molecule has 144 valence electrons. The number of aromatic amines is 1. The van der Waals surface area contributed by atoms with Crippen LogP contribution in [-0.4, -0.2) is 31.1 Å². The molecule has 0 fully saturated rings. The summed E-state index contributed by atoms with van der Waals surface area (Å²) in [6.45, 7) is 0. The second-order valence-electron chi connectivity index (χ2n) is 6.31. The summed E-state index contributed by atoms with van der Waals surface area (Å²) in [5.41, 5.74) is 10.8. The number of carbonyl (C=O) groups is 1. The van der Waals surface area contributed by atoms with Crippen LogP contribution < -0.4 is 27.2 Å². The van der Waals surface area contributed by atoms with Gasteiger partial charge in [-0.25, -0.2) is 0 Å². The van der Waals surface area contributed by atoms with Gasteiger partial charge >= 0.3 is 182 Å².